The van der Waals surface area contributed by atoms with Crippen molar-refractivity contribution in [3.8, 4) is 23.1 Å². The molecule has 1 fully saturated rings. The summed E-state index contributed by atoms with van der Waals surface area (Å²) in [7, 11) is 0. The normalized spacial score (nSPS) is 14.8. The molecule has 1 amide bonds. The fraction of sp³-hybridized carbons (Fsp3) is 0.333. The number of amides is 1. The van der Waals surface area contributed by atoms with Gasteiger partial charge in [-0.1, -0.05) is 11.6 Å². The number of pyridine rings is 2. The summed E-state index contributed by atoms with van der Waals surface area (Å²) in [5.74, 6) is 1.11. The molecule has 0 aromatic carbocycles. The number of hydrogen-bond donors (Lipinski definition) is 1. The van der Waals surface area contributed by atoms with E-state index in [1.807, 2.05) is 26.8 Å². The maximum absolute atomic E-state index is 12.9. The number of rotatable bonds is 6. The SMILES string of the molecule is CCOc1cc(-c2cnc(N3CCC(C)(NC(=O)c4nc(C)ccc4Cl)CC3)cn2)c2c(C#N)cnn2c1. The zero-order valence-corrected chi connectivity index (χ0v) is 22.2. The summed E-state index contributed by atoms with van der Waals surface area (Å²) in [6.07, 6.45) is 8.17. The number of halogens is 1. The van der Waals surface area contributed by atoms with Gasteiger partial charge < -0.3 is 15.0 Å². The number of carbonyl (C=O) groups is 1. The van der Waals surface area contributed by atoms with Gasteiger partial charge in [0.25, 0.3) is 5.91 Å². The molecule has 194 valence electrons. The van der Waals surface area contributed by atoms with Crippen molar-refractivity contribution in [1.82, 2.24) is 29.9 Å². The van der Waals surface area contributed by atoms with Crippen LogP contribution in [0.3, 0.4) is 0 Å². The predicted octanol–water partition coefficient (Wildman–Crippen LogP) is 4.21. The zero-order chi connectivity index (χ0) is 26.9. The van der Waals surface area contributed by atoms with E-state index in [0.29, 0.717) is 47.2 Å². The number of ether oxygens (including phenoxy) is 1. The van der Waals surface area contributed by atoms with E-state index in [1.54, 1.807) is 35.2 Å². The summed E-state index contributed by atoms with van der Waals surface area (Å²) in [5, 5.41) is 17.3. The van der Waals surface area contributed by atoms with Crippen LogP contribution in [0, 0.1) is 18.3 Å². The van der Waals surface area contributed by atoms with E-state index in [0.717, 1.165) is 29.9 Å². The van der Waals surface area contributed by atoms with Gasteiger partial charge in [-0.2, -0.15) is 10.4 Å². The van der Waals surface area contributed by atoms with Crippen molar-refractivity contribution in [2.45, 2.75) is 39.2 Å². The Balaban J connectivity index is 1.31. The Bertz CT molecular complexity index is 1540. The summed E-state index contributed by atoms with van der Waals surface area (Å²) in [5.41, 5.74) is 3.05. The van der Waals surface area contributed by atoms with Gasteiger partial charge in [-0.15, -0.1) is 0 Å². The molecule has 0 bridgehead atoms. The van der Waals surface area contributed by atoms with Crippen molar-refractivity contribution in [1.29, 1.82) is 5.26 Å². The predicted molar refractivity (Wildman–Crippen MR) is 143 cm³/mol. The molecule has 11 heteroatoms. The molecule has 0 saturated carbocycles. The molecule has 38 heavy (non-hydrogen) atoms. The average molecular weight is 531 g/mol. The molecular weight excluding hydrogens is 504 g/mol. The minimum Gasteiger partial charge on any atom is -0.492 e. The number of aryl methyl sites for hydroxylation is 1. The van der Waals surface area contributed by atoms with E-state index in [-0.39, 0.29) is 11.6 Å². The first kappa shape index (κ1) is 25.4. The van der Waals surface area contributed by atoms with Crippen molar-refractivity contribution in [3.05, 3.63) is 65.0 Å². The van der Waals surface area contributed by atoms with Gasteiger partial charge in [-0.3, -0.25) is 9.78 Å². The zero-order valence-electron chi connectivity index (χ0n) is 21.4. The standard InChI is InChI=1S/C27H27ClN8O2/c1-4-38-19-11-20(25-18(12-29)13-32-36(25)16-19)22-14-31-23(15-30-22)35-9-7-27(3,8-10-35)34-26(37)24-21(28)6-5-17(2)33-24/h5-6,11,13-16H,4,7-10H2,1-3H3,(H,34,37). The van der Waals surface area contributed by atoms with Gasteiger partial charge >= 0.3 is 0 Å². The van der Waals surface area contributed by atoms with Crippen LogP contribution in [-0.2, 0) is 0 Å². The number of piperidine rings is 1. The van der Waals surface area contributed by atoms with Gasteiger partial charge in [-0.25, -0.2) is 14.5 Å². The third-order valence-electron chi connectivity index (χ3n) is 6.74. The molecule has 0 spiro atoms. The molecule has 5 rings (SSSR count). The Morgan fingerprint density at radius 2 is 2.03 bits per heavy atom. The van der Waals surface area contributed by atoms with Gasteiger partial charge in [0.1, 0.15) is 23.3 Å². The van der Waals surface area contributed by atoms with Crippen molar-refractivity contribution < 1.29 is 9.53 Å². The van der Waals surface area contributed by atoms with Gasteiger partial charge in [0.2, 0.25) is 0 Å². The van der Waals surface area contributed by atoms with E-state index in [4.69, 9.17) is 16.3 Å². The second kappa shape index (κ2) is 10.3. The van der Waals surface area contributed by atoms with E-state index in [2.05, 4.69) is 36.3 Å². The Hall–Kier alpha value is -4.23. The van der Waals surface area contributed by atoms with Crippen LogP contribution in [-0.4, -0.2) is 55.7 Å². The lowest BCUT2D eigenvalue weighted by Gasteiger charge is -2.40. The first-order chi connectivity index (χ1) is 18.3. The monoisotopic (exact) mass is 530 g/mol. The lowest BCUT2D eigenvalue weighted by molar-refractivity contribution is 0.0886. The van der Waals surface area contributed by atoms with Crippen molar-refractivity contribution in [2.75, 3.05) is 24.6 Å². The van der Waals surface area contributed by atoms with Gasteiger partial charge in [0.05, 0.1) is 53.2 Å². The highest BCUT2D eigenvalue weighted by atomic mass is 35.5. The molecule has 0 atom stereocenters. The Labute approximate surface area is 225 Å². The smallest absolute Gasteiger partial charge is 0.271 e. The fourth-order valence-corrected chi connectivity index (χ4v) is 4.82. The lowest BCUT2D eigenvalue weighted by atomic mass is 9.89. The largest absolute Gasteiger partial charge is 0.492 e. The van der Waals surface area contributed by atoms with Gasteiger partial charge in [0.15, 0.2) is 0 Å². The van der Waals surface area contributed by atoms with Crippen LogP contribution >= 0.6 is 11.6 Å². The van der Waals surface area contributed by atoms with Crippen LogP contribution in [0.1, 0.15) is 48.4 Å². The number of fused-ring (bicyclic) bond motifs is 1. The van der Waals surface area contributed by atoms with Gasteiger partial charge in [-0.05, 0) is 51.8 Å². The average Bonchev–Trinajstić information content (AvgIpc) is 3.33. The molecule has 5 heterocycles. The van der Waals surface area contributed by atoms with Crippen molar-refractivity contribution in [2.24, 2.45) is 0 Å². The second-order valence-electron chi connectivity index (χ2n) is 9.53. The highest BCUT2D eigenvalue weighted by Gasteiger charge is 2.33. The quantitative estimate of drug-likeness (QED) is 0.393. The van der Waals surface area contributed by atoms with Crippen LogP contribution in [0.25, 0.3) is 16.8 Å². The minimum absolute atomic E-state index is 0.247. The number of hydrogen-bond acceptors (Lipinski definition) is 8. The van der Waals surface area contributed by atoms with Gasteiger partial charge in [0, 0.05) is 29.9 Å². The molecule has 1 aliphatic rings. The Kier molecular flexibility index (Phi) is 6.87. The molecule has 1 N–H and O–H groups in total. The third kappa shape index (κ3) is 4.97. The summed E-state index contributed by atoms with van der Waals surface area (Å²) >= 11 is 6.21. The fourth-order valence-electron chi connectivity index (χ4n) is 4.63. The molecule has 10 nitrogen and oxygen atoms in total. The maximum Gasteiger partial charge on any atom is 0.271 e. The molecule has 1 saturated heterocycles. The van der Waals surface area contributed by atoms with E-state index < -0.39 is 5.54 Å². The van der Waals surface area contributed by atoms with E-state index in [1.165, 1.54) is 6.20 Å². The summed E-state index contributed by atoms with van der Waals surface area (Å²) in [6.45, 7) is 7.68. The van der Waals surface area contributed by atoms with Crippen LogP contribution in [0.15, 0.2) is 43.0 Å². The molecule has 0 aliphatic carbocycles. The van der Waals surface area contributed by atoms with Crippen LogP contribution in [0.4, 0.5) is 5.82 Å². The maximum atomic E-state index is 12.9. The van der Waals surface area contributed by atoms with Crippen molar-refractivity contribution in [3.63, 3.8) is 0 Å². The van der Waals surface area contributed by atoms with E-state index >= 15 is 0 Å². The van der Waals surface area contributed by atoms with Crippen LogP contribution < -0.4 is 15.0 Å². The molecule has 1 aliphatic heterocycles. The van der Waals surface area contributed by atoms with E-state index in [9.17, 15) is 10.1 Å². The first-order valence-electron chi connectivity index (χ1n) is 12.4. The molecule has 0 unspecified atom stereocenters. The Morgan fingerprint density at radius 3 is 2.71 bits per heavy atom. The molecule has 4 aromatic heterocycles. The topological polar surface area (TPSA) is 121 Å². The summed E-state index contributed by atoms with van der Waals surface area (Å²) < 4.78 is 7.32. The number of carbonyl (C=O) groups excluding carboxylic acids is 1. The number of aromatic nitrogens is 5. The first-order valence-corrected chi connectivity index (χ1v) is 12.8. The highest BCUT2D eigenvalue weighted by Crippen LogP contribution is 2.31. The van der Waals surface area contributed by atoms with Crippen LogP contribution in [0.2, 0.25) is 5.02 Å². The number of nitrogens with one attached hydrogen (secondary N) is 1. The summed E-state index contributed by atoms with van der Waals surface area (Å²) in [4.78, 5) is 28.7. The highest BCUT2D eigenvalue weighted by molar-refractivity contribution is 6.33. The Morgan fingerprint density at radius 1 is 1.24 bits per heavy atom. The van der Waals surface area contributed by atoms with Crippen molar-refractivity contribution >= 4 is 28.8 Å². The lowest BCUT2D eigenvalue weighted by Crippen LogP contribution is -2.53. The number of nitriles is 1. The second-order valence-corrected chi connectivity index (χ2v) is 9.94. The molecule has 4 aromatic rings. The number of anilines is 1. The minimum atomic E-state index is -0.392. The molecule has 0 radical (unpaired) electrons. The number of nitrogens with zero attached hydrogens (tertiary/aromatic N) is 7. The van der Waals surface area contributed by atoms with Crippen LogP contribution in [0.5, 0.6) is 5.75 Å². The summed E-state index contributed by atoms with van der Waals surface area (Å²) in [6, 6.07) is 7.52. The molecular formula is C27H27ClN8O2. The third-order valence-corrected chi connectivity index (χ3v) is 7.04.